The van der Waals surface area contributed by atoms with E-state index in [9.17, 15) is 4.79 Å². The van der Waals surface area contributed by atoms with Crippen molar-refractivity contribution >= 4 is 16.9 Å². The summed E-state index contributed by atoms with van der Waals surface area (Å²) in [5.74, 6) is -0.0718. The van der Waals surface area contributed by atoms with E-state index in [1.807, 2.05) is 37.5 Å². The Morgan fingerprint density at radius 1 is 1.35 bits per heavy atom. The van der Waals surface area contributed by atoms with Crippen molar-refractivity contribution in [3.8, 4) is 11.1 Å². The molecule has 0 fully saturated rings. The van der Waals surface area contributed by atoms with E-state index in [0.29, 0.717) is 12.2 Å². The van der Waals surface area contributed by atoms with Gasteiger partial charge in [0.2, 0.25) is 0 Å². The maximum atomic E-state index is 11.9. The standard InChI is InChI=1S/C15H16N4O/c1-2-5-18-15(20)13-8-10(9-19-13)11-3-6-16-14-12(11)4-7-17-14/h3-4,6-9,19H,2,5H2,1H3,(H,16,17)(H,18,20). The molecule has 0 saturated heterocycles. The largest absolute Gasteiger partial charge is 0.357 e. The van der Waals surface area contributed by atoms with Crippen LogP contribution < -0.4 is 5.32 Å². The maximum absolute atomic E-state index is 11.9. The van der Waals surface area contributed by atoms with Gasteiger partial charge in [0.05, 0.1) is 0 Å². The number of carbonyl (C=O) groups is 1. The van der Waals surface area contributed by atoms with Gasteiger partial charge in [0.25, 0.3) is 5.91 Å². The van der Waals surface area contributed by atoms with Crippen molar-refractivity contribution in [1.29, 1.82) is 0 Å². The first kappa shape index (κ1) is 12.5. The molecule has 0 atom stereocenters. The molecule has 3 aromatic rings. The van der Waals surface area contributed by atoms with Crippen LogP contribution in [0.2, 0.25) is 0 Å². The number of amides is 1. The second kappa shape index (κ2) is 5.21. The van der Waals surface area contributed by atoms with Crippen LogP contribution >= 0.6 is 0 Å². The van der Waals surface area contributed by atoms with Crippen LogP contribution in [0.15, 0.2) is 36.8 Å². The topological polar surface area (TPSA) is 73.6 Å². The van der Waals surface area contributed by atoms with Crippen LogP contribution in [0.5, 0.6) is 0 Å². The summed E-state index contributed by atoms with van der Waals surface area (Å²) in [4.78, 5) is 22.3. The Labute approximate surface area is 116 Å². The number of H-pyrrole nitrogens is 2. The maximum Gasteiger partial charge on any atom is 0.267 e. The first-order valence-corrected chi connectivity index (χ1v) is 6.68. The minimum atomic E-state index is -0.0718. The number of aromatic nitrogens is 3. The number of aromatic amines is 2. The summed E-state index contributed by atoms with van der Waals surface area (Å²) in [5.41, 5.74) is 3.47. The number of hydrogen-bond donors (Lipinski definition) is 3. The molecular formula is C15H16N4O. The van der Waals surface area contributed by atoms with E-state index in [2.05, 4.69) is 20.3 Å². The van der Waals surface area contributed by atoms with Gasteiger partial charge in [0, 0.05) is 36.1 Å². The van der Waals surface area contributed by atoms with Crippen molar-refractivity contribution in [2.24, 2.45) is 0 Å². The van der Waals surface area contributed by atoms with Gasteiger partial charge in [-0.05, 0) is 30.2 Å². The van der Waals surface area contributed by atoms with Gasteiger partial charge in [0.1, 0.15) is 11.3 Å². The van der Waals surface area contributed by atoms with Crippen LogP contribution in [0.4, 0.5) is 0 Å². The van der Waals surface area contributed by atoms with E-state index in [1.54, 1.807) is 6.20 Å². The van der Waals surface area contributed by atoms with Crippen molar-refractivity contribution in [3.05, 3.63) is 42.5 Å². The Balaban J connectivity index is 1.94. The third kappa shape index (κ3) is 2.18. The van der Waals surface area contributed by atoms with E-state index in [0.717, 1.165) is 28.6 Å². The number of hydrogen-bond acceptors (Lipinski definition) is 2. The molecule has 1 amide bonds. The summed E-state index contributed by atoms with van der Waals surface area (Å²) < 4.78 is 0. The predicted octanol–water partition coefficient (Wildman–Crippen LogP) is 2.70. The Morgan fingerprint density at radius 2 is 2.25 bits per heavy atom. The van der Waals surface area contributed by atoms with Gasteiger partial charge in [-0.25, -0.2) is 4.98 Å². The van der Waals surface area contributed by atoms with Gasteiger partial charge in [-0.1, -0.05) is 6.92 Å². The summed E-state index contributed by atoms with van der Waals surface area (Å²) >= 11 is 0. The molecule has 0 unspecified atom stereocenters. The van der Waals surface area contributed by atoms with Gasteiger partial charge in [-0.2, -0.15) is 0 Å². The third-order valence-electron chi connectivity index (χ3n) is 3.23. The minimum Gasteiger partial charge on any atom is -0.357 e. The smallest absolute Gasteiger partial charge is 0.267 e. The molecule has 0 spiro atoms. The van der Waals surface area contributed by atoms with Crippen LogP contribution in [0, 0.1) is 0 Å². The van der Waals surface area contributed by atoms with Crippen LogP contribution in [0.1, 0.15) is 23.8 Å². The van der Waals surface area contributed by atoms with Crippen LogP contribution in [-0.2, 0) is 0 Å². The molecule has 3 heterocycles. The molecule has 3 aromatic heterocycles. The molecule has 0 aliphatic carbocycles. The average molecular weight is 268 g/mol. The molecule has 3 N–H and O–H groups in total. The third-order valence-corrected chi connectivity index (χ3v) is 3.23. The number of rotatable bonds is 4. The molecule has 3 rings (SSSR count). The summed E-state index contributed by atoms with van der Waals surface area (Å²) in [7, 11) is 0. The van der Waals surface area contributed by atoms with Crippen molar-refractivity contribution in [3.63, 3.8) is 0 Å². The first-order chi connectivity index (χ1) is 9.79. The van der Waals surface area contributed by atoms with Gasteiger partial charge >= 0.3 is 0 Å². The Kier molecular flexibility index (Phi) is 3.25. The van der Waals surface area contributed by atoms with Gasteiger partial charge < -0.3 is 15.3 Å². The average Bonchev–Trinajstić information content (AvgIpc) is 3.12. The fourth-order valence-electron chi connectivity index (χ4n) is 2.23. The molecule has 102 valence electrons. The molecule has 0 bridgehead atoms. The number of nitrogens with zero attached hydrogens (tertiary/aromatic N) is 1. The molecule has 5 heteroatoms. The fraction of sp³-hybridized carbons (Fsp3) is 0.200. The van der Waals surface area contributed by atoms with E-state index in [-0.39, 0.29) is 5.91 Å². The summed E-state index contributed by atoms with van der Waals surface area (Å²) in [6.45, 7) is 2.71. The minimum absolute atomic E-state index is 0.0718. The lowest BCUT2D eigenvalue weighted by Gasteiger charge is -2.00. The molecule has 20 heavy (non-hydrogen) atoms. The van der Waals surface area contributed by atoms with Gasteiger partial charge in [0.15, 0.2) is 0 Å². The SMILES string of the molecule is CCCNC(=O)c1cc(-c2ccnc3[nH]ccc23)c[nH]1. The number of nitrogens with one attached hydrogen (secondary N) is 3. The van der Waals surface area contributed by atoms with Crippen molar-refractivity contribution in [2.75, 3.05) is 6.54 Å². The lowest BCUT2D eigenvalue weighted by atomic mass is 10.1. The van der Waals surface area contributed by atoms with E-state index in [1.165, 1.54) is 0 Å². The Hall–Kier alpha value is -2.56. The van der Waals surface area contributed by atoms with Crippen LogP contribution in [0.25, 0.3) is 22.2 Å². The number of pyridine rings is 1. The second-order valence-electron chi connectivity index (χ2n) is 4.66. The lowest BCUT2D eigenvalue weighted by Crippen LogP contribution is -2.24. The number of carbonyl (C=O) groups excluding carboxylic acids is 1. The van der Waals surface area contributed by atoms with Gasteiger partial charge in [-0.3, -0.25) is 4.79 Å². The van der Waals surface area contributed by atoms with Crippen molar-refractivity contribution < 1.29 is 4.79 Å². The molecule has 0 aromatic carbocycles. The van der Waals surface area contributed by atoms with Crippen LogP contribution in [-0.4, -0.2) is 27.4 Å². The molecule has 0 aliphatic heterocycles. The monoisotopic (exact) mass is 268 g/mol. The van der Waals surface area contributed by atoms with E-state index >= 15 is 0 Å². The quantitative estimate of drug-likeness (QED) is 0.680. The number of fused-ring (bicyclic) bond motifs is 1. The first-order valence-electron chi connectivity index (χ1n) is 6.68. The predicted molar refractivity (Wildman–Crippen MR) is 78.5 cm³/mol. The highest BCUT2D eigenvalue weighted by molar-refractivity contribution is 5.97. The van der Waals surface area contributed by atoms with E-state index < -0.39 is 0 Å². The summed E-state index contributed by atoms with van der Waals surface area (Å²) in [6, 6.07) is 5.81. The molecular weight excluding hydrogens is 252 g/mol. The Morgan fingerprint density at radius 3 is 3.10 bits per heavy atom. The van der Waals surface area contributed by atoms with Crippen molar-refractivity contribution in [1.82, 2.24) is 20.3 Å². The second-order valence-corrected chi connectivity index (χ2v) is 4.66. The van der Waals surface area contributed by atoms with E-state index in [4.69, 9.17) is 0 Å². The highest BCUT2D eigenvalue weighted by Crippen LogP contribution is 2.27. The normalized spacial score (nSPS) is 10.8. The zero-order valence-electron chi connectivity index (χ0n) is 11.2. The highest BCUT2D eigenvalue weighted by atomic mass is 16.1. The molecule has 0 aliphatic rings. The lowest BCUT2D eigenvalue weighted by molar-refractivity contribution is 0.0949. The Bertz CT molecular complexity index is 741. The highest BCUT2D eigenvalue weighted by Gasteiger charge is 2.11. The molecule has 0 saturated carbocycles. The molecule has 5 nitrogen and oxygen atoms in total. The van der Waals surface area contributed by atoms with Crippen LogP contribution in [0.3, 0.4) is 0 Å². The summed E-state index contributed by atoms with van der Waals surface area (Å²) in [6.07, 6.45) is 6.40. The zero-order valence-corrected chi connectivity index (χ0v) is 11.2. The fourth-order valence-corrected chi connectivity index (χ4v) is 2.23. The summed E-state index contributed by atoms with van der Waals surface area (Å²) in [5, 5.41) is 3.91. The van der Waals surface area contributed by atoms with Gasteiger partial charge in [-0.15, -0.1) is 0 Å². The molecule has 0 radical (unpaired) electrons. The van der Waals surface area contributed by atoms with Crippen molar-refractivity contribution in [2.45, 2.75) is 13.3 Å². The zero-order chi connectivity index (χ0) is 13.9.